The van der Waals surface area contributed by atoms with E-state index in [0.717, 1.165) is 0 Å². The van der Waals surface area contributed by atoms with Crippen LogP contribution in [0.2, 0.25) is 5.02 Å². The second-order valence-corrected chi connectivity index (χ2v) is 4.97. The predicted octanol–water partition coefficient (Wildman–Crippen LogP) is 0.374. The van der Waals surface area contributed by atoms with Gasteiger partial charge in [0, 0.05) is 7.05 Å². The molecular formula is C8H10ClN3O2S. The van der Waals surface area contributed by atoms with Crippen molar-refractivity contribution in [3.05, 3.63) is 11.2 Å². The summed E-state index contributed by atoms with van der Waals surface area (Å²) in [5, 5.41) is 3.70. The highest BCUT2D eigenvalue weighted by atomic mass is 35.5. The van der Waals surface area contributed by atoms with E-state index in [-0.39, 0.29) is 10.0 Å². The summed E-state index contributed by atoms with van der Waals surface area (Å²) in [6.45, 7) is 1.56. The van der Waals surface area contributed by atoms with E-state index in [1.165, 1.54) is 17.9 Å². The minimum atomic E-state index is -3.71. The Morgan fingerprint density at radius 2 is 2.33 bits per heavy atom. The fourth-order valence-electron chi connectivity index (χ4n) is 1.02. The highest BCUT2D eigenvalue weighted by Crippen LogP contribution is 2.19. The summed E-state index contributed by atoms with van der Waals surface area (Å²) in [4.78, 5) is 0. The number of nitrogens with one attached hydrogen (secondary N) is 1. The summed E-state index contributed by atoms with van der Waals surface area (Å²) < 4.78 is 27.0. The molecule has 1 atom stereocenters. The van der Waals surface area contributed by atoms with Gasteiger partial charge in [0.2, 0.25) is 0 Å². The Hall–Kier alpha value is -1.03. The molecule has 1 heterocycles. The van der Waals surface area contributed by atoms with Crippen LogP contribution in [0.3, 0.4) is 0 Å². The average molecular weight is 248 g/mol. The molecule has 0 aliphatic heterocycles. The van der Waals surface area contributed by atoms with Crippen LogP contribution in [0.5, 0.6) is 0 Å². The predicted molar refractivity (Wildman–Crippen MR) is 56.8 cm³/mol. The molecule has 0 saturated heterocycles. The topological polar surface area (TPSA) is 64.0 Å². The second kappa shape index (κ2) is 4.23. The normalized spacial score (nSPS) is 13.5. The first-order chi connectivity index (χ1) is 6.88. The molecule has 1 N–H and O–H groups in total. The molecule has 82 valence electrons. The molecule has 1 aromatic heterocycles. The van der Waals surface area contributed by atoms with Gasteiger partial charge < -0.3 is 0 Å². The smallest absolute Gasteiger partial charge is 0.255 e. The molecule has 0 fully saturated rings. The van der Waals surface area contributed by atoms with Crippen LogP contribution in [-0.4, -0.2) is 24.2 Å². The third-order valence-electron chi connectivity index (χ3n) is 1.68. The molecule has 1 aromatic rings. The summed E-state index contributed by atoms with van der Waals surface area (Å²) in [7, 11) is -2.23. The van der Waals surface area contributed by atoms with Crippen LogP contribution in [0.15, 0.2) is 11.2 Å². The maximum absolute atomic E-state index is 11.8. The number of aromatic nitrogens is 2. The van der Waals surface area contributed by atoms with E-state index in [4.69, 9.17) is 18.0 Å². The molecule has 0 bridgehead atoms. The molecule has 15 heavy (non-hydrogen) atoms. The van der Waals surface area contributed by atoms with E-state index in [0.29, 0.717) is 0 Å². The van der Waals surface area contributed by atoms with Crippen LogP contribution in [0.4, 0.5) is 0 Å². The molecule has 0 aliphatic carbocycles. The van der Waals surface area contributed by atoms with E-state index in [9.17, 15) is 8.42 Å². The van der Waals surface area contributed by atoms with Crippen molar-refractivity contribution < 1.29 is 8.42 Å². The van der Waals surface area contributed by atoms with Gasteiger partial charge in [-0.15, -0.1) is 6.42 Å². The lowest BCUT2D eigenvalue weighted by Gasteiger charge is -2.09. The van der Waals surface area contributed by atoms with Crippen LogP contribution in [0, 0.1) is 12.3 Å². The highest BCUT2D eigenvalue weighted by molar-refractivity contribution is 7.89. The zero-order valence-electron chi connectivity index (χ0n) is 8.23. The van der Waals surface area contributed by atoms with Gasteiger partial charge >= 0.3 is 0 Å². The number of halogens is 1. The van der Waals surface area contributed by atoms with Crippen molar-refractivity contribution in [1.82, 2.24) is 14.5 Å². The van der Waals surface area contributed by atoms with Crippen molar-refractivity contribution in [2.45, 2.75) is 18.0 Å². The Balaban J connectivity index is 3.14. The van der Waals surface area contributed by atoms with Crippen molar-refractivity contribution in [2.75, 3.05) is 0 Å². The number of sulfonamides is 1. The molecule has 0 spiro atoms. The summed E-state index contributed by atoms with van der Waals surface area (Å²) >= 11 is 5.70. The van der Waals surface area contributed by atoms with E-state index in [1.807, 2.05) is 0 Å². The summed E-state index contributed by atoms with van der Waals surface area (Å²) in [6, 6.07) is -0.596. The summed E-state index contributed by atoms with van der Waals surface area (Å²) in [5.41, 5.74) is 0. The van der Waals surface area contributed by atoms with Crippen LogP contribution in [0.1, 0.15) is 6.92 Å². The first kappa shape index (κ1) is 12.0. The van der Waals surface area contributed by atoms with Gasteiger partial charge in [-0.05, 0) is 6.92 Å². The molecule has 0 aliphatic rings. The van der Waals surface area contributed by atoms with E-state index in [1.54, 1.807) is 6.92 Å². The summed E-state index contributed by atoms with van der Waals surface area (Å²) in [6.07, 6.45) is 6.34. The minimum Gasteiger partial charge on any atom is -0.255 e. The quantitative estimate of drug-likeness (QED) is 0.786. The van der Waals surface area contributed by atoms with Gasteiger partial charge in [-0.25, -0.2) is 8.42 Å². The van der Waals surface area contributed by atoms with Crippen molar-refractivity contribution in [2.24, 2.45) is 7.05 Å². The molecule has 1 unspecified atom stereocenters. The van der Waals surface area contributed by atoms with E-state index in [2.05, 4.69) is 15.7 Å². The van der Waals surface area contributed by atoms with E-state index >= 15 is 0 Å². The lowest BCUT2D eigenvalue weighted by Crippen LogP contribution is -2.32. The SMILES string of the molecule is C#CC(C)NS(=O)(=O)c1c(Cl)cnn1C. The number of hydrogen-bond acceptors (Lipinski definition) is 3. The highest BCUT2D eigenvalue weighted by Gasteiger charge is 2.23. The van der Waals surface area contributed by atoms with Gasteiger partial charge in [0.1, 0.15) is 0 Å². The molecule has 0 saturated carbocycles. The van der Waals surface area contributed by atoms with E-state index < -0.39 is 16.1 Å². The lowest BCUT2D eigenvalue weighted by atomic mass is 10.4. The molecule has 1 rings (SSSR count). The number of nitrogens with zero attached hydrogens (tertiary/aromatic N) is 2. The summed E-state index contributed by atoms with van der Waals surface area (Å²) in [5.74, 6) is 2.26. The Bertz CT molecular complexity index is 481. The lowest BCUT2D eigenvalue weighted by molar-refractivity contribution is 0.559. The fraction of sp³-hybridized carbons (Fsp3) is 0.375. The first-order valence-corrected chi connectivity index (χ1v) is 5.90. The Morgan fingerprint density at radius 1 is 1.73 bits per heavy atom. The third kappa shape index (κ3) is 2.50. The minimum absolute atomic E-state index is 0.0641. The zero-order chi connectivity index (χ0) is 11.6. The van der Waals surface area contributed by atoms with Gasteiger partial charge in [0.15, 0.2) is 5.03 Å². The Morgan fingerprint density at radius 3 is 2.73 bits per heavy atom. The van der Waals surface area contributed by atoms with Crippen molar-refractivity contribution >= 4 is 21.6 Å². The molecule has 0 radical (unpaired) electrons. The van der Waals surface area contributed by atoms with Gasteiger partial charge in [0.05, 0.1) is 17.3 Å². The van der Waals surface area contributed by atoms with Crippen molar-refractivity contribution in [3.63, 3.8) is 0 Å². The molecular weight excluding hydrogens is 238 g/mol. The maximum atomic E-state index is 11.8. The fourth-order valence-corrected chi connectivity index (χ4v) is 2.84. The van der Waals surface area contributed by atoms with Crippen molar-refractivity contribution in [3.8, 4) is 12.3 Å². The monoisotopic (exact) mass is 247 g/mol. The largest absolute Gasteiger partial charge is 0.260 e. The number of aryl methyl sites for hydroxylation is 1. The molecule has 5 nitrogen and oxygen atoms in total. The Labute approximate surface area is 93.5 Å². The molecule has 7 heteroatoms. The second-order valence-electron chi connectivity index (χ2n) is 2.93. The standard InChI is InChI=1S/C8H10ClN3O2S/c1-4-6(2)11-15(13,14)8-7(9)5-10-12(8)3/h1,5-6,11H,2-3H3. The van der Waals surface area contributed by atoms with Crippen LogP contribution in [-0.2, 0) is 17.1 Å². The average Bonchev–Trinajstić information content (AvgIpc) is 2.45. The van der Waals surface area contributed by atoms with Crippen molar-refractivity contribution in [1.29, 1.82) is 0 Å². The van der Waals surface area contributed by atoms with Crippen LogP contribution in [0.25, 0.3) is 0 Å². The molecule has 0 aromatic carbocycles. The molecule has 0 amide bonds. The first-order valence-electron chi connectivity index (χ1n) is 4.04. The number of rotatable bonds is 3. The third-order valence-corrected chi connectivity index (χ3v) is 3.72. The number of terminal acetylenes is 1. The van der Waals surface area contributed by atoms with Gasteiger partial charge in [-0.1, -0.05) is 17.5 Å². The van der Waals surface area contributed by atoms with Gasteiger partial charge in [-0.3, -0.25) is 4.68 Å². The van der Waals surface area contributed by atoms with Gasteiger partial charge in [-0.2, -0.15) is 9.82 Å². The van der Waals surface area contributed by atoms with Crippen LogP contribution >= 0.6 is 11.6 Å². The number of hydrogen-bond donors (Lipinski definition) is 1. The maximum Gasteiger partial charge on any atom is 0.260 e. The van der Waals surface area contributed by atoms with Gasteiger partial charge in [0.25, 0.3) is 10.0 Å². The zero-order valence-corrected chi connectivity index (χ0v) is 9.80. The Kier molecular flexibility index (Phi) is 3.39. The van der Waals surface area contributed by atoms with Crippen LogP contribution < -0.4 is 4.72 Å².